The van der Waals surface area contributed by atoms with Crippen molar-refractivity contribution in [3.63, 3.8) is 0 Å². The van der Waals surface area contributed by atoms with E-state index >= 15 is 0 Å². The number of amides is 3. The number of hydrogen-bond donors (Lipinski definition) is 1. The molecular weight excluding hydrogens is 552 g/mol. The average Bonchev–Trinajstić information content (AvgIpc) is 2.98. The van der Waals surface area contributed by atoms with Crippen molar-refractivity contribution in [1.82, 2.24) is 4.90 Å². The second kappa shape index (κ2) is 10.3. The normalized spacial score (nSPS) is 14.8. The number of rotatable bonds is 7. The summed E-state index contributed by atoms with van der Waals surface area (Å²) in [5.74, 6) is 0.325. The smallest absolute Gasteiger partial charge is 0.294 e. The van der Waals surface area contributed by atoms with Crippen molar-refractivity contribution in [2.45, 2.75) is 6.92 Å². The summed E-state index contributed by atoms with van der Waals surface area (Å²) in [6, 6.07) is 10.3. The maximum atomic E-state index is 12.7. The summed E-state index contributed by atoms with van der Waals surface area (Å²) in [6.45, 7) is 2.02. The molecule has 7 nitrogen and oxygen atoms in total. The molecule has 1 fully saturated rings. The van der Waals surface area contributed by atoms with Crippen LogP contribution in [0.3, 0.4) is 0 Å². The Kier molecular flexibility index (Phi) is 7.79. The molecule has 0 aliphatic carbocycles. The first-order valence-corrected chi connectivity index (χ1v) is 11.5. The van der Waals surface area contributed by atoms with Gasteiger partial charge in [0.2, 0.25) is 5.91 Å². The zero-order valence-electron chi connectivity index (χ0n) is 16.6. The van der Waals surface area contributed by atoms with Gasteiger partial charge in [0.25, 0.3) is 11.1 Å². The van der Waals surface area contributed by atoms with Gasteiger partial charge in [-0.1, -0.05) is 0 Å². The third-order valence-corrected chi connectivity index (χ3v) is 6.24. The van der Waals surface area contributed by atoms with Crippen LogP contribution in [0.5, 0.6) is 11.5 Å². The lowest BCUT2D eigenvalue weighted by Crippen LogP contribution is -2.36. The molecule has 0 unspecified atom stereocenters. The number of hydrogen-bond acceptors (Lipinski definition) is 6. The summed E-state index contributed by atoms with van der Waals surface area (Å²) >= 11 is 7.69. The molecule has 31 heavy (non-hydrogen) atoms. The van der Waals surface area contributed by atoms with Crippen molar-refractivity contribution in [3.05, 3.63) is 55.8 Å². The molecule has 0 radical (unpaired) electrons. The van der Waals surface area contributed by atoms with E-state index in [2.05, 4.69) is 37.2 Å². The van der Waals surface area contributed by atoms with Gasteiger partial charge in [0, 0.05) is 5.69 Å². The first-order valence-electron chi connectivity index (χ1n) is 9.13. The van der Waals surface area contributed by atoms with Crippen molar-refractivity contribution in [1.29, 1.82) is 0 Å². The van der Waals surface area contributed by atoms with Crippen molar-refractivity contribution in [2.24, 2.45) is 0 Å². The molecule has 10 heteroatoms. The predicted octanol–water partition coefficient (Wildman–Crippen LogP) is 5.29. The van der Waals surface area contributed by atoms with E-state index in [4.69, 9.17) is 9.47 Å². The molecule has 0 atom stereocenters. The van der Waals surface area contributed by atoms with Crippen LogP contribution in [0, 0.1) is 0 Å². The van der Waals surface area contributed by atoms with Gasteiger partial charge in [-0.2, -0.15) is 0 Å². The fraction of sp³-hybridized carbons (Fsp3) is 0.190. The molecule has 3 amide bonds. The van der Waals surface area contributed by atoms with E-state index in [0.29, 0.717) is 38.3 Å². The summed E-state index contributed by atoms with van der Waals surface area (Å²) in [5, 5.41) is 2.17. The molecule has 3 rings (SSSR count). The molecule has 1 saturated heterocycles. The van der Waals surface area contributed by atoms with Gasteiger partial charge in [-0.15, -0.1) is 0 Å². The zero-order chi connectivity index (χ0) is 22.5. The van der Waals surface area contributed by atoms with E-state index in [9.17, 15) is 14.4 Å². The molecular formula is C21H18Br2N2O5S. The van der Waals surface area contributed by atoms with Crippen molar-refractivity contribution in [3.8, 4) is 11.5 Å². The van der Waals surface area contributed by atoms with Crippen LogP contribution in [0.15, 0.2) is 50.2 Å². The molecule has 1 aliphatic heterocycles. The SMILES string of the molecule is CCOc1c(Br)cc(/C=C2/SC(=O)N(CC(=O)Nc3ccc(OC)cc3)C2=O)cc1Br. The van der Waals surface area contributed by atoms with Gasteiger partial charge in [-0.25, -0.2) is 0 Å². The molecule has 1 N–H and O–H groups in total. The van der Waals surface area contributed by atoms with Gasteiger partial charge in [0.05, 0.1) is 27.6 Å². The molecule has 0 spiro atoms. The van der Waals surface area contributed by atoms with E-state index in [-0.39, 0.29) is 11.4 Å². The number of thioether (sulfide) groups is 1. The third kappa shape index (κ3) is 5.69. The van der Waals surface area contributed by atoms with Gasteiger partial charge in [0.15, 0.2) is 0 Å². The molecule has 2 aromatic carbocycles. The molecule has 0 saturated carbocycles. The van der Waals surface area contributed by atoms with Crippen LogP contribution in [-0.4, -0.2) is 42.2 Å². The van der Waals surface area contributed by atoms with Gasteiger partial charge in [0.1, 0.15) is 18.0 Å². The summed E-state index contributed by atoms with van der Waals surface area (Å²) < 4.78 is 12.1. The highest BCUT2D eigenvalue weighted by Crippen LogP contribution is 2.37. The van der Waals surface area contributed by atoms with E-state index in [1.807, 2.05) is 6.92 Å². The Bertz CT molecular complexity index is 1030. The lowest BCUT2D eigenvalue weighted by molar-refractivity contribution is -0.127. The molecule has 2 aromatic rings. The van der Waals surface area contributed by atoms with Crippen molar-refractivity contribution < 1.29 is 23.9 Å². The number of carbonyl (C=O) groups is 3. The van der Waals surface area contributed by atoms with Crippen molar-refractivity contribution in [2.75, 3.05) is 25.6 Å². The van der Waals surface area contributed by atoms with Gasteiger partial charge >= 0.3 is 0 Å². The number of nitrogens with zero attached hydrogens (tertiary/aromatic N) is 1. The van der Waals surface area contributed by atoms with E-state index in [1.54, 1.807) is 49.6 Å². The Morgan fingerprint density at radius 3 is 2.39 bits per heavy atom. The monoisotopic (exact) mass is 568 g/mol. The minimum Gasteiger partial charge on any atom is -0.497 e. The maximum absolute atomic E-state index is 12.7. The second-order valence-electron chi connectivity index (χ2n) is 6.29. The van der Waals surface area contributed by atoms with E-state index < -0.39 is 17.1 Å². The van der Waals surface area contributed by atoms with Crippen LogP contribution in [0.2, 0.25) is 0 Å². The third-order valence-electron chi connectivity index (χ3n) is 4.16. The minimum atomic E-state index is -0.513. The van der Waals surface area contributed by atoms with Crippen LogP contribution >= 0.6 is 43.6 Å². The predicted molar refractivity (Wildman–Crippen MR) is 127 cm³/mol. The molecule has 0 bridgehead atoms. The molecule has 0 aromatic heterocycles. The highest BCUT2D eigenvalue weighted by atomic mass is 79.9. The topological polar surface area (TPSA) is 84.9 Å². The Hall–Kier alpha value is -2.30. The lowest BCUT2D eigenvalue weighted by atomic mass is 10.2. The van der Waals surface area contributed by atoms with E-state index in [1.165, 1.54) is 0 Å². The highest BCUT2D eigenvalue weighted by Gasteiger charge is 2.36. The lowest BCUT2D eigenvalue weighted by Gasteiger charge is -2.12. The number of benzene rings is 2. The number of carbonyl (C=O) groups excluding carboxylic acids is 3. The minimum absolute atomic E-state index is 0.241. The van der Waals surface area contributed by atoms with Crippen LogP contribution in [-0.2, 0) is 9.59 Å². The number of nitrogens with one attached hydrogen (secondary N) is 1. The standard InChI is InChI=1S/C21H18Br2N2O5S/c1-3-30-19-15(22)8-12(9-16(19)23)10-17-20(27)25(21(28)31-17)11-18(26)24-13-4-6-14(29-2)7-5-13/h4-10H,3,11H2,1-2H3,(H,24,26)/b17-10+. The fourth-order valence-electron chi connectivity index (χ4n) is 2.75. The first-order chi connectivity index (χ1) is 14.8. The summed E-state index contributed by atoms with van der Waals surface area (Å²) in [5.41, 5.74) is 1.24. The second-order valence-corrected chi connectivity index (χ2v) is 8.99. The van der Waals surface area contributed by atoms with Crippen molar-refractivity contribution >= 4 is 72.4 Å². The zero-order valence-corrected chi connectivity index (χ0v) is 20.6. The van der Waals surface area contributed by atoms with Crippen LogP contribution < -0.4 is 14.8 Å². The number of imide groups is 1. The maximum Gasteiger partial charge on any atom is 0.294 e. The quantitative estimate of drug-likeness (QED) is 0.456. The van der Waals surface area contributed by atoms with Crippen LogP contribution in [0.4, 0.5) is 10.5 Å². The van der Waals surface area contributed by atoms with Crippen LogP contribution in [0.25, 0.3) is 6.08 Å². The average molecular weight is 570 g/mol. The highest BCUT2D eigenvalue weighted by molar-refractivity contribution is 9.11. The first kappa shape index (κ1) is 23.4. The molecule has 1 aliphatic rings. The van der Waals surface area contributed by atoms with Gasteiger partial charge < -0.3 is 14.8 Å². The number of ether oxygens (including phenoxy) is 2. The number of halogens is 2. The van der Waals surface area contributed by atoms with Crippen LogP contribution in [0.1, 0.15) is 12.5 Å². The summed E-state index contributed by atoms with van der Waals surface area (Å²) in [6.07, 6.45) is 1.61. The Balaban J connectivity index is 1.70. The molecule has 162 valence electrons. The Morgan fingerprint density at radius 2 is 1.81 bits per heavy atom. The van der Waals surface area contributed by atoms with Gasteiger partial charge in [-0.05, 0) is 98.6 Å². The molecule has 1 heterocycles. The largest absolute Gasteiger partial charge is 0.497 e. The number of methoxy groups -OCH3 is 1. The summed E-state index contributed by atoms with van der Waals surface area (Å²) in [7, 11) is 1.55. The summed E-state index contributed by atoms with van der Waals surface area (Å²) in [4.78, 5) is 38.5. The van der Waals surface area contributed by atoms with E-state index in [0.717, 1.165) is 16.7 Å². The Labute approximate surface area is 200 Å². The fourth-order valence-corrected chi connectivity index (χ4v) is 5.04. The van der Waals surface area contributed by atoms with Gasteiger partial charge in [-0.3, -0.25) is 19.3 Å². The number of anilines is 1. The Morgan fingerprint density at radius 1 is 1.16 bits per heavy atom.